The number of nitro benzene ring substituents is 1. The van der Waals surface area contributed by atoms with Crippen LogP contribution in [-0.4, -0.2) is 24.2 Å². The van der Waals surface area contributed by atoms with E-state index in [9.17, 15) is 14.9 Å². The zero-order valence-electron chi connectivity index (χ0n) is 16.1. The Labute approximate surface area is 172 Å². The zero-order chi connectivity index (χ0) is 21.1. The number of non-ortho nitro benzene ring substituents is 1. The van der Waals surface area contributed by atoms with Crippen LogP contribution in [0.25, 0.3) is 11.3 Å². The molecule has 1 aliphatic rings. The topological polar surface area (TPSA) is 107 Å². The number of ether oxygens (including phenoxy) is 1. The lowest BCUT2D eigenvalue weighted by Gasteiger charge is -2.05. The summed E-state index contributed by atoms with van der Waals surface area (Å²) in [6, 6.07) is 17.6. The monoisotopic (exact) mass is 405 g/mol. The number of carbonyl (C=O) groups excluding carboxylic acids is 1. The predicted octanol–water partition coefficient (Wildman–Crippen LogP) is 4.12. The summed E-state index contributed by atoms with van der Waals surface area (Å²) >= 11 is 0. The third kappa shape index (κ3) is 4.07. The number of nitrogens with zero attached hydrogens (tertiary/aromatic N) is 2. The second-order valence-corrected chi connectivity index (χ2v) is 6.94. The molecule has 0 saturated heterocycles. The lowest BCUT2D eigenvalue weighted by atomic mass is 10.1. The van der Waals surface area contributed by atoms with Gasteiger partial charge in [0.05, 0.1) is 29.9 Å². The third-order valence-electron chi connectivity index (χ3n) is 5.01. The van der Waals surface area contributed by atoms with Crippen LogP contribution in [0.4, 0.5) is 5.69 Å². The summed E-state index contributed by atoms with van der Waals surface area (Å²) in [6.45, 7) is 0. The molecule has 0 radical (unpaired) electrons. The van der Waals surface area contributed by atoms with Gasteiger partial charge in [-0.1, -0.05) is 30.3 Å². The molecule has 1 saturated carbocycles. The van der Waals surface area contributed by atoms with E-state index in [1.165, 1.54) is 25.5 Å². The van der Waals surface area contributed by atoms with Gasteiger partial charge in [0.2, 0.25) is 5.91 Å². The first-order valence-electron chi connectivity index (χ1n) is 9.37. The molecule has 8 heteroatoms. The molecule has 30 heavy (non-hydrogen) atoms. The summed E-state index contributed by atoms with van der Waals surface area (Å²) in [6.07, 6.45) is 2.23. The molecule has 2 unspecified atom stereocenters. The first-order chi connectivity index (χ1) is 14.6. The molecule has 1 aromatic heterocycles. The van der Waals surface area contributed by atoms with E-state index in [0.29, 0.717) is 22.8 Å². The first kappa shape index (κ1) is 19.4. The average molecular weight is 405 g/mol. The second-order valence-electron chi connectivity index (χ2n) is 6.94. The molecule has 8 nitrogen and oxygen atoms in total. The predicted molar refractivity (Wildman–Crippen MR) is 110 cm³/mol. The first-order valence-corrected chi connectivity index (χ1v) is 9.37. The summed E-state index contributed by atoms with van der Waals surface area (Å²) in [5.74, 6) is 1.29. The van der Waals surface area contributed by atoms with Crippen LogP contribution in [0, 0.1) is 16.0 Å². The van der Waals surface area contributed by atoms with Crippen molar-refractivity contribution in [3.05, 3.63) is 82.1 Å². The van der Waals surface area contributed by atoms with Gasteiger partial charge in [0.1, 0.15) is 17.3 Å². The van der Waals surface area contributed by atoms with Crippen molar-refractivity contribution in [2.45, 2.75) is 12.3 Å². The van der Waals surface area contributed by atoms with Crippen LogP contribution in [0.5, 0.6) is 5.75 Å². The van der Waals surface area contributed by atoms with Crippen LogP contribution < -0.4 is 10.2 Å². The maximum atomic E-state index is 12.2. The minimum atomic E-state index is -0.489. The van der Waals surface area contributed by atoms with Crippen molar-refractivity contribution in [2.24, 2.45) is 11.0 Å². The summed E-state index contributed by atoms with van der Waals surface area (Å²) < 4.78 is 10.9. The van der Waals surface area contributed by atoms with Gasteiger partial charge in [0.15, 0.2) is 0 Å². The number of amides is 1. The Kier molecular flexibility index (Phi) is 5.30. The van der Waals surface area contributed by atoms with Crippen LogP contribution in [0.2, 0.25) is 0 Å². The fourth-order valence-corrected chi connectivity index (χ4v) is 3.36. The Balaban J connectivity index is 1.39. The molecule has 4 rings (SSSR count). The van der Waals surface area contributed by atoms with Crippen molar-refractivity contribution in [3.63, 3.8) is 0 Å². The summed E-state index contributed by atoms with van der Waals surface area (Å²) in [5.41, 5.74) is 4.23. The SMILES string of the molecule is COc1cc([N+](=O)[O-])ccc1-c1ccc(C=NNC(=O)C2CC2c2ccccc2)o1. The Morgan fingerprint density at radius 3 is 2.77 bits per heavy atom. The molecule has 2 atom stereocenters. The molecule has 1 N–H and O–H groups in total. The van der Waals surface area contributed by atoms with E-state index in [1.54, 1.807) is 18.2 Å². The molecule has 2 aromatic carbocycles. The number of furan rings is 1. The molecule has 1 fully saturated rings. The summed E-state index contributed by atoms with van der Waals surface area (Å²) in [7, 11) is 1.43. The lowest BCUT2D eigenvalue weighted by molar-refractivity contribution is -0.384. The van der Waals surface area contributed by atoms with Gasteiger partial charge in [-0.15, -0.1) is 0 Å². The van der Waals surface area contributed by atoms with Crippen molar-refractivity contribution in [3.8, 4) is 17.1 Å². The zero-order valence-corrected chi connectivity index (χ0v) is 16.1. The number of carbonyl (C=O) groups is 1. The highest BCUT2D eigenvalue weighted by atomic mass is 16.6. The van der Waals surface area contributed by atoms with Crippen molar-refractivity contribution < 1.29 is 18.9 Å². The molecule has 0 aliphatic heterocycles. The van der Waals surface area contributed by atoms with Crippen molar-refractivity contribution >= 4 is 17.8 Å². The van der Waals surface area contributed by atoms with Crippen LogP contribution >= 0.6 is 0 Å². The van der Waals surface area contributed by atoms with Gasteiger partial charge in [0.25, 0.3) is 5.69 Å². The van der Waals surface area contributed by atoms with Crippen LogP contribution in [0.1, 0.15) is 23.7 Å². The maximum absolute atomic E-state index is 12.2. The molecular weight excluding hydrogens is 386 g/mol. The number of hydrogen-bond donors (Lipinski definition) is 1. The van der Waals surface area contributed by atoms with Gasteiger partial charge in [-0.2, -0.15) is 5.10 Å². The summed E-state index contributed by atoms with van der Waals surface area (Å²) in [5, 5.41) is 14.9. The normalized spacial score (nSPS) is 17.6. The fourth-order valence-electron chi connectivity index (χ4n) is 3.36. The molecule has 0 spiro atoms. The minimum Gasteiger partial charge on any atom is -0.496 e. The number of rotatable bonds is 7. The Bertz CT molecular complexity index is 1110. The largest absolute Gasteiger partial charge is 0.496 e. The molecule has 0 bridgehead atoms. The second kappa shape index (κ2) is 8.20. The van der Waals surface area contributed by atoms with Crippen LogP contribution in [-0.2, 0) is 4.79 Å². The number of nitro groups is 1. The molecule has 152 valence electrons. The van der Waals surface area contributed by atoms with Crippen molar-refractivity contribution in [1.82, 2.24) is 5.43 Å². The van der Waals surface area contributed by atoms with E-state index in [-0.39, 0.29) is 23.4 Å². The summed E-state index contributed by atoms with van der Waals surface area (Å²) in [4.78, 5) is 22.7. The van der Waals surface area contributed by atoms with Crippen molar-refractivity contribution in [2.75, 3.05) is 7.11 Å². The Morgan fingerprint density at radius 1 is 1.23 bits per heavy atom. The van der Waals surface area contributed by atoms with Gasteiger partial charge in [-0.05, 0) is 36.1 Å². The standard InChI is InChI=1S/C22H19N3O5/c1-29-21-11-15(25(27)28)7-9-17(21)20-10-8-16(30-20)13-23-24-22(26)19-12-18(19)14-5-3-2-4-6-14/h2-11,13,18-19H,12H2,1H3,(H,24,26). The highest BCUT2D eigenvalue weighted by Crippen LogP contribution is 2.47. The van der Waals surface area contributed by atoms with E-state index in [4.69, 9.17) is 9.15 Å². The lowest BCUT2D eigenvalue weighted by Crippen LogP contribution is -2.20. The molecule has 1 aliphatic carbocycles. The average Bonchev–Trinajstić information content (AvgIpc) is 3.45. The molecular formula is C22H19N3O5. The third-order valence-corrected chi connectivity index (χ3v) is 5.01. The highest BCUT2D eigenvalue weighted by molar-refractivity contribution is 5.85. The number of hydrazone groups is 1. The molecule has 3 aromatic rings. The molecule has 1 amide bonds. The van der Waals surface area contributed by atoms with Gasteiger partial charge in [-0.25, -0.2) is 5.43 Å². The smallest absolute Gasteiger partial charge is 0.273 e. The number of nitrogens with one attached hydrogen (secondary N) is 1. The number of benzene rings is 2. The van der Waals surface area contributed by atoms with E-state index < -0.39 is 4.92 Å². The van der Waals surface area contributed by atoms with E-state index >= 15 is 0 Å². The van der Waals surface area contributed by atoms with Gasteiger partial charge < -0.3 is 9.15 Å². The number of hydrogen-bond acceptors (Lipinski definition) is 6. The molecule has 1 heterocycles. The Morgan fingerprint density at radius 2 is 2.03 bits per heavy atom. The van der Waals surface area contributed by atoms with Crippen LogP contribution in [0.3, 0.4) is 0 Å². The van der Waals surface area contributed by atoms with Gasteiger partial charge >= 0.3 is 0 Å². The Hall–Kier alpha value is -3.94. The van der Waals surface area contributed by atoms with Gasteiger partial charge in [0, 0.05) is 12.0 Å². The van der Waals surface area contributed by atoms with Crippen molar-refractivity contribution in [1.29, 1.82) is 0 Å². The van der Waals surface area contributed by atoms with Gasteiger partial charge in [-0.3, -0.25) is 14.9 Å². The van der Waals surface area contributed by atoms with E-state index in [2.05, 4.69) is 10.5 Å². The minimum absolute atomic E-state index is 0.0684. The van der Waals surface area contributed by atoms with Crippen LogP contribution in [0.15, 0.2) is 70.2 Å². The van der Waals surface area contributed by atoms with E-state index in [0.717, 1.165) is 12.0 Å². The highest BCUT2D eigenvalue weighted by Gasteiger charge is 2.43. The fraction of sp³-hybridized carbons (Fsp3) is 0.182. The maximum Gasteiger partial charge on any atom is 0.273 e. The number of methoxy groups -OCH3 is 1. The van der Waals surface area contributed by atoms with E-state index in [1.807, 2.05) is 30.3 Å². The quantitative estimate of drug-likeness (QED) is 0.361.